The van der Waals surface area contributed by atoms with Crippen molar-refractivity contribution in [3.63, 3.8) is 0 Å². The van der Waals surface area contributed by atoms with Crippen molar-refractivity contribution in [3.05, 3.63) is 63.5 Å². The highest BCUT2D eigenvalue weighted by atomic mass is 32.1. The number of thiophene rings is 1. The summed E-state index contributed by atoms with van der Waals surface area (Å²) in [7, 11) is 2.10. The number of rotatable bonds is 7. The first-order valence-corrected chi connectivity index (χ1v) is 10.3. The fraction of sp³-hybridized carbons (Fsp3) is 0.300. The minimum atomic E-state index is -0.0566. The van der Waals surface area contributed by atoms with Gasteiger partial charge < -0.3 is 10.2 Å². The second-order valence-electron chi connectivity index (χ2n) is 6.24. The molecule has 1 amide bonds. The number of carbonyl (C=O) groups is 1. The summed E-state index contributed by atoms with van der Waals surface area (Å²) >= 11 is 3.10. The van der Waals surface area contributed by atoms with Crippen molar-refractivity contribution in [1.29, 1.82) is 0 Å². The van der Waals surface area contributed by atoms with Crippen LogP contribution in [0.15, 0.2) is 41.8 Å². The van der Waals surface area contributed by atoms with Crippen molar-refractivity contribution in [2.24, 2.45) is 0 Å². The van der Waals surface area contributed by atoms with Gasteiger partial charge in [0.25, 0.3) is 5.91 Å². The molecule has 0 bridgehead atoms. The van der Waals surface area contributed by atoms with E-state index in [2.05, 4.69) is 41.3 Å². The molecule has 136 valence electrons. The van der Waals surface area contributed by atoms with Crippen LogP contribution in [-0.4, -0.2) is 29.4 Å². The quantitative estimate of drug-likeness (QED) is 0.648. The third-order valence-electron chi connectivity index (χ3n) is 4.17. The van der Waals surface area contributed by atoms with E-state index in [-0.39, 0.29) is 5.91 Å². The number of thiazole rings is 1. The van der Waals surface area contributed by atoms with Crippen molar-refractivity contribution in [2.45, 2.75) is 26.9 Å². The molecule has 6 heteroatoms. The van der Waals surface area contributed by atoms with Gasteiger partial charge in [-0.3, -0.25) is 4.79 Å². The van der Waals surface area contributed by atoms with Crippen LogP contribution in [-0.2, 0) is 13.1 Å². The Kier molecular flexibility index (Phi) is 6.19. The van der Waals surface area contributed by atoms with Gasteiger partial charge in [-0.05, 0) is 43.1 Å². The van der Waals surface area contributed by atoms with E-state index >= 15 is 0 Å². The maximum absolute atomic E-state index is 12.6. The average Bonchev–Trinajstić information content (AvgIpc) is 3.29. The molecule has 0 aliphatic heterocycles. The zero-order chi connectivity index (χ0) is 18.5. The van der Waals surface area contributed by atoms with Crippen LogP contribution in [0.2, 0.25) is 0 Å². The monoisotopic (exact) mass is 385 g/mol. The van der Waals surface area contributed by atoms with Gasteiger partial charge in [-0.15, -0.1) is 22.7 Å². The Hall–Kier alpha value is -2.02. The van der Waals surface area contributed by atoms with E-state index in [1.54, 1.807) is 11.3 Å². The van der Waals surface area contributed by atoms with Crippen molar-refractivity contribution >= 4 is 28.6 Å². The summed E-state index contributed by atoms with van der Waals surface area (Å²) in [6, 6.07) is 12.4. The smallest absolute Gasteiger partial charge is 0.263 e. The SMILES string of the molecule is CCN(C)Cc1cccc(CNC(=O)c2sc(-c3cccs3)nc2C)c1. The van der Waals surface area contributed by atoms with E-state index in [1.807, 2.05) is 36.6 Å². The standard InChI is InChI=1S/C20H23N3OS2/c1-4-23(3)13-16-8-5-7-15(11-16)12-21-19(24)18-14(2)22-20(26-18)17-9-6-10-25-17/h5-11H,4,12-13H2,1-3H3,(H,21,24). The van der Waals surface area contributed by atoms with Crippen LogP contribution >= 0.6 is 22.7 Å². The van der Waals surface area contributed by atoms with Crippen LogP contribution in [0.1, 0.15) is 33.4 Å². The molecule has 0 unspecified atom stereocenters. The number of aromatic nitrogens is 1. The van der Waals surface area contributed by atoms with Crippen LogP contribution < -0.4 is 5.32 Å². The number of aryl methyl sites for hydroxylation is 1. The van der Waals surface area contributed by atoms with E-state index < -0.39 is 0 Å². The van der Waals surface area contributed by atoms with Gasteiger partial charge in [0.05, 0.1) is 10.6 Å². The molecule has 0 fully saturated rings. The van der Waals surface area contributed by atoms with Crippen LogP contribution in [0.3, 0.4) is 0 Å². The molecular weight excluding hydrogens is 362 g/mol. The molecule has 0 aliphatic rings. The summed E-state index contributed by atoms with van der Waals surface area (Å²) in [6.07, 6.45) is 0. The van der Waals surface area contributed by atoms with Crippen LogP contribution in [0.5, 0.6) is 0 Å². The van der Waals surface area contributed by atoms with Gasteiger partial charge in [0.2, 0.25) is 0 Å². The molecule has 0 spiro atoms. The summed E-state index contributed by atoms with van der Waals surface area (Å²) in [5.74, 6) is -0.0566. The molecule has 1 N–H and O–H groups in total. The topological polar surface area (TPSA) is 45.2 Å². The van der Waals surface area contributed by atoms with Gasteiger partial charge in [0.15, 0.2) is 0 Å². The fourth-order valence-corrected chi connectivity index (χ4v) is 4.42. The molecular formula is C20H23N3OS2. The molecule has 4 nitrogen and oxygen atoms in total. The molecule has 3 rings (SSSR count). The van der Waals surface area contributed by atoms with Crippen LogP contribution in [0.25, 0.3) is 9.88 Å². The van der Waals surface area contributed by atoms with Crippen LogP contribution in [0.4, 0.5) is 0 Å². The Morgan fingerprint density at radius 1 is 1.23 bits per heavy atom. The second-order valence-corrected chi connectivity index (χ2v) is 8.19. The average molecular weight is 386 g/mol. The number of benzene rings is 1. The molecule has 0 saturated carbocycles. The largest absolute Gasteiger partial charge is 0.347 e. The van der Waals surface area contributed by atoms with Gasteiger partial charge in [-0.1, -0.05) is 37.3 Å². The molecule has 1 aromatic carbocycles. The lowest BCUT2D eigenvalue weighted by atomic mass is 10.1. The lowest BCUT2D eigenvalue weighted by Crippen LogP contribution is -2.23. The van der Waals surface area contributed by atoms with E-state index in [0.717, 1.165) is 34.2 Å². The predicted octanol–water partition coefficient (Wildman–Crippen LogP) is 4.56. The summed E-state index contributed by atoms with van der Waals surface area (Å²) < 4.78 is 0. The molecule has 2 heterocycles. The zero-order valence-electron chi connectivity index (χ0n) is 15.3. The van der Waals surface area contributed by atoms with E-state index in [1.165, 1.54) is 16.9 Å². The number of amides is 1. The van der Waals surface area contributed by atoms with Crippen molar-refractivity contribution in [2.75, 3.05) is 13.6 Å². The lowest BCUT2D eigenvalue weighted by Gasteiger charge is -2.14. The van der Waals surface area contributed by atoms with E-state index in [4.69, 9.17) is 0 Å². The Morgan fingerprint density at radius 2 is 2.04 bits per heavy atom. The normalized spacial score (nSPS) is 11.1. The van der Waals surface area contributed by atoms with Gasteiger partial charge in [0, 0.05) is 13.1 Å². The minimum Gasteiger partial charge on any atom is -0.347 e. The Labute approximate surface area is 162 Å². The van der Waals surface area contributed by atoms with E-state index in [0.29, 0.717) is 11.4 Å². The van der Waals surface area contributed by atoms with Gasteiger partial charge in [-0.2, -0.15) is 0 Å². The first-order chi connectivity index (χ1) is 12.6. The summed E-state index contributed by atoms with van der Waals surface area (Å²) in [4.78, 5) is 21.2. The first-order valence-electron chi connectivity index (χ1n) is 8.62. The molecule has 0 atom stereocenters. The van der Waals surface area contributed by atoms with Crippen LogP contribution in [0, 0.1) is 6.92 Å². The number of nitrogens with zero attached hydrogens (tertiary/aromatic N) is 2. The predicted molar refractivity (Wildman–Crippen MR) is 110 cm³/mol. The summed E-state index contributed by atoms with van der Waals surface area (Å²) in [5, 5.41) is 5.96. The Balaban J connectivity index is 1.65. The molecule has 0 radical (unpaired) electrons. The Morgan fingerprint density at radius 3 is 2.77 bits per heavy atom. The van der Waals surface area contributed by atoms with Gasteiger partial charge >= 0.3 is 0 Å². The maximum Gasteiger partial charge on any atom is 0.263 e. The van der Waals surface area contributed by atoms with Gasteiger partial charge in [0.1, 0.15) is 9.88 Å². The second kappa shape index (κ2) is 8.58. The third kappa shape index (κ3) is 4.58. The van der Waals surface area contributed by atoms with Gasteiger partial charge in [-0.25, -0.2) is 4.98 Å². The number of carbonyl (C=O) groups excluding carboxylic acids is 1. The van der Waals surface area contributed by atoms with Crippen molar-refractivity contribution in [1.82, 2.24) is 15.2 Å². The highest BCUT2D eigenvalue weighted by molar-refractivity contribution is 7.22. The molecule has 26 heavy (non-hydrogen) atoms. The number of hydrogen-bond donors (Lipinski definition) is 1. The fourth-order valence-electron chi connectivity index (χ4n) is 2.64. The van der Waals surface area contributed by atoms with Crippen molar-refractivity contribution in [3.8, 4) is 9.88 Å². The molecule has 3 aromatic rings. The zero-order valence-corrected chi connectivity index (χ0v) is 16.9. The third-order valence-corrected chi connectivity index (χ3v) is 6.37. The molecule has 0 saturated heterocycles. The maximum atomic E-state index is 12.6. The summed E-state index contributed by atoms with van der Waals surface area (Å²) in [5.41, 5.74) is 3.16. The van der Waals surface area contributed by atoms with E-state index in [9.17, 15) is 4.79 Å². The molecule has 2 aromatic heterocycles. The lowest BCUT2D eigenvalue weighted by molar-refractivity contribution is 0.0954. The minimum absolute atomic E-state index is 0.0566. The molecule has 0 aliphatic carbocycles. The Bertz CT molecular complexity index is 871. The van der Waals surface area contributed by atoms with Crippen molar-refractivity contribution < 1.29 is 4.79 Å². The highest BCUT2D eigenvalue weighted by Crippen LogP contribution is 2.31. The summed E-state index contributed by atoms with van der Waals surface area (Å²) in [6.45, 7) is 6.48. The highest BCUT2D eigenvalue weighted by Gasteiger charge is 2.16. The first kappa shape index (κ1) is 18.8. The number of nitrogens with one attached hydrogen (secondary N) is 1. The number of hydrogen-bond acceptors (Lipinski definition) is 5.